The summed E-state index contributed by atoms with van der Waals surface area (Å²) in [6.45, 7) is 0. The van der Waals surface area contributed by atoms with E-state index in [-0.39, 0.29) is 17.4 Å². The standard InChI is InChI=1S/C16H18F3NO3/c17-16(18,19)9-10-2-1-3-13(8-10)20-14(21)11-4-6-12(7-5-11)15(22)23/h1-3,8,11-12H,4-7,9H2,(H,20,21)(H,22,23). The lowest BCUT2D eigenvalue weighted by Crippen LogP contribution is -2.29. The fourth-order valence-corrected chi connectivity index (χ4v) is 2.84. The van der Waals surface area contributed by atoms with Gasteiger partial charge in [0.25, 0.3) is 0 Å². The van der Waals surface area contributed by atoms with Crippen LogP contribution < -0.4 is 5.32 Å². The Morgan fingerprint density at radius 1 is 1.13 bits per heavy atom. The van der Waals surface area contributed by atoms with Crippen molar-refractivity contribution in [3.8, 4) is 0 Å². The number of nitrogens with one attached hydrogen (secondary N) is 1. The zero-order chi connectivity index (χ0) is 17.0. The fourth-order valence-electron chi connectivity index (χ4n) is 2.84. The third kappa shape index (κ3) is 5.26. The van der Waals surface area contributed by atoms with Crippen LogP contribution in [0.3, 0.4) is 0 Å². The molecule has 1 aliphatic rings. The van der Waals surface area contributed by atoms with Gasteiger partial charge in [-0.15, -0.1) is 0 Å². The molecule has 1 amide bonds. The van der Waals surface area contributed by atoms with Crippen LogP contribution in [0.1, 0.15) is 31.2 Å². The van der Waals surface area contributed by atoms with Gasteiger partial charge in [-0.25, -0.2) is 0 Å². The maximum absolute atomic E-state index is 12.4. The maximum atomic E-state index is 12.4. The lowest BCUT2D eigenvalue weighted by molar-refractivity contribution is -0.143. The molecule has 0 heterocycles. The van der Waals surface area contributed by atoms with E-state index in [0.29, 0.717) is 31.4 Å². The molecule has 0 unspecified atom stereocenters. The highest BCUT2D eigenvalue weighted by Gasteiger charge is 2.30. The molecule has 0 spiro atoms. The van der Waals surface area contributed by atoms with Gasteiger partial charge in [0.05, 0.1) is 12.3 Å². The minimum Gasteiger partial charge on any atom is -0.481 e. The number of carbonyl (C=O) groups is 2. The second-order valence-corrected chi connectivity index (χ2v) is 5.87. The molecule has 0 saturated heterocycles. The average Bonchev–Trinajstić information content (AvgIpc) is 2.46. The lowest BCUT2D eigenvalue weighted by atomic mass is 9.81. The largest absolute Gasteiger partial charge is 0.481 e. The van der Waals surface area contributed by atoms with Crippen LogP contribution in [0.15, 0.2) is 24.3 Å². The number of hydrogen-bond acceptors (Lipinski definition) is 2. The molecule has 1 saturated carbocycles. The highest BCUT2D eigenvalue weighted by atomic mass is 19.4. The number of benzene rings is 1. The number of hydrogen-bond donors (Lipinski definition) is 2. The number of carbonyl (C=O) groups excluding carboxylic acids is 1. The summed E-state index contributed by atoms with van der Waals surface area (Å²) in [4.78, 5) is 23.0. The van der Waals surface area contributed by atoms with E-state index in [2.05, 4.69) is 5.32 Å². The predicted molar refractivity (Wildman–Crippen MR) is 77.9 cm³/mol. The summed E-state index contributed by atoms with van der Waals surface area (Å²) in [6.07, 6.45) is -3.49. The Balaban J connectivity index is 1.93. The van der Waals surface area contributed by atoms with Gasteiger partial charge >= 0.3 is 12.1 Å². The third-order valence-electron chi connectivity index (χ3n) is 4.05. The van der Waals surface area contributed by atoms with Gasteiger partial charge in [-0.3, -0.25) is 9.59 Å². The molecule has 2 rings (SSSR count). The Morgan fingerprint density at radius 3 is 2.30 bits per heavy atom. The molecule has 0 atom stereocenters. The molecule has 0 aromatic heterocycles. The lowest BCUT2D eigenvalue weighted by Gasteiger charge is -2.25. The number of rotatable bonds is 4. The molecule has 1 aliphatic carbocycles. The SMILES string of the molecule is O=C(O)C1CCC(C(=O)Nc2cccc(CC(F)(F)F)c2)CC1. The molecule has 0 radical (unpaired) electrons. The van der Waals surface area contributed by atoms with Gasteiger partial charge in [0.2, 0.25) is 5.91 Å². The molecule has 0 bridgehead atoms. The number of anilines is 1. The van der Waals surface area contributed by atoms with E-state index < -0.39 is 24.5 Å². The van der Waals surface area contributed by atoms with E-state index in [4.69, 9.17) is 5.11 Å². The molecular formula is C16H18F3NO3. The number of alkyl halides is 3. The van der Waals surface area contributed by atoms with Crippen molar-refractivity contribution >= 4 is 17.6 Å². The van der Waals surface area contributed by atoms with Crippen molar-refractivity contribution in [2.75, 3.05) is 5.32 Å². The summed E-state index contributed by atoms with van der Waals surface area (Å²) in [5.74, 6) is -1.81. The van der Waals surface area contributed by atoms with Crippen molar-refractivity contribution in [1.29, 1.82) is 0 Å². The van der Waals surface area contributed by atoms with E-state index in [0.717, 1.165) is 0 Å². The first-order chi connectivity index (χ1) is 10.7. The van der Waals surface area contributed by atoms with Gasteiger partial charge in [0, 0.05) is 11.6 Å². The zero-order valence-electron chi connectivity index (χ0n) is 12.4. The molecule has 23 heavy (non-hydrogen) atoms. The first-order valence-corrected chi connectivity index (χ1v) is 7.44. The van der Waals surface area contributed by atoms with E-state index in [1.165, 1.54) is 18.2 Å². The van der Waals surface area contributed by atoms with Gasteiger partial charge in [0.15, 0.2) is 0 Å². The molecule has 1 aromatic rings. The Morgan fingerprint density at radius 2 is 1.74 bits per heavy atom. The van der Waals surface area contributed by atoms with Crippen molar-refractivity contribution < 1.29 is 27.9 Å². The van der Waals surface area contributed by atoms with Gasteiger partial charge in [0.1, 0.15) is 0 Å². The minimum atomic E-state index is -4.29. The van der Waals surface area contributed by atoms with Crippen molar-refractivity contribution in [2.45, 2.75) is 38.3 Å². The molecule has 7 heteroatoms. The van der Waals surface area contributed by atoms with Crippen molar-refractivity contribution in [2.24, 2.45) is 11.8 Å². The van der Waals surface area contributed by atoms with Crippen LogP contribution in [0.4, 0.5) is 18.9 Å². The van der Waals surface area contributed by atoms with Crippen LogP contribution in [0.5, 0.6) is 0 Å². The number of carboxylic acids is 1. The van der Waals surface area contributed by atoms with Crippen LogP contribution in [0.2, 0.25) is 0 Å². The highest BCUT2D eigenvalue weighted by Crippen LogP contribution is 2.30. The Kier molecular flexibility index (Phi) is 5.28. The monoisotopic (exact) mass is 329 g/mol. The first-order valence-electron chi connectivity index (χ1n) is 7.44. The van der Waals surface area contributed by atoms with Crippen molar-refractivity contribution in [3.05, 3.63) is 29.8 Å². The van der Waals surface area contributed by atoms with E-state index in [9.17, 15) is 22.8 Å². The van der Waals surface area contributed by atoms with E-state index in [1.54, 1.807) is 6.07 Å². The molecule has 2 N–H and O–H groups in total. The summed E-state index contributed by atoms with van der Waals surface area (Å²) in [7, 11) is 0. The van der Waals surface area contributed by atoms with Crippen LogP contribution in [0.25, 0.3) is 0 Å². The molecule has 1 aromatic carbocycles. The quantitative estimate of drug-likeness (QED) is 0.886. The smallest absolute Gasteiger partial charge is 0.393 e. The highest BCUT2D eigenvalue weighted by molar-refractivity contribution is 5.92. The van der Waals surface area contributed by atoms with E-state index >= 15 is 0 Å². The Labute approximate surface area is 131 Å². The maximum Gasteiger partial charge on any atom is 0.393 e. The molecule has 126 valence electrons. The summed E-state index contributed by atoms with van der Waals surface area (Å²) in [5.41, 5.74) is 0.419. The average molecular weight is 329 g/mol. The zero-order valence-corrected chi connectivity index (χ0v) is 12.4. The second-order valence-electron chi connectivity index (χ2n) is 5.87. The first kappa shape index (κ1) is 17.3. The van der Waals surface area contributed by atoms with Crippen molar-refractivity contribution in [3.63, 3.8) is 0 Å². The van der Waals surface area contributed by atoms with Crippen LogP contribution >= 0.6 is 0 Å². The third-order valence-corrected chi connectivity index (χ3v) is 4.05. The minimum absolute atomic E-state index is 0.0879. The summed E-state index contributed by atoms with van der Waals surface area (Å²) < 4.78 is 37.2. The number of amides is 1. The Bertz CT molecular complexity index is 578. The number of carboxylic acid groups (broad SMARTS) is 1. The number of aliphatic carboxylic acids is 1. The van der Waals surface area contributed by atoms with E-state index in [1.807, 2.05) is 0 Å². The van der Waals surface area contributed by atoms with Gasteiger partial charge in [-0.1, -0.05) is 12.1 Å². The van der Waals surface area contributed by atoms with Crippen molar-refractivity contribution in [1.82, 2.24) is 0 Å². The van der Waals surface area contributed by atoms with Crippen LogP contribution in [0, 0.1) is 11.8 Å². The molecule has 1 fully saturated rings. The molecule has 4 nitrogen and oxygen atoms in total. The summed E-state index contributed by atoms with van der Waals surface area (Å²) >= 11 is 0. The summed E-state index contributed by atoms with van der Waals surface area (Å²) in [5, 5.41) is 11.6. The normalized spacial score (nSPS) is 21.7. The predicted octanol–water partition coefficient (Wildman–Crippen LogP) is 3.62. The molecular weight excluding hydrogens is 311 g/mol. The van der Waals surface area contributed by atoms with Gasteiger partial charge in [-0.2, -0.15) is 13.2 Å². The second kappa shape index (κ2) is 7.02. The van der Waals surface area contributed by atoms with Crippen LogP contribution in [-0.2, 0) is 16.0 Å². The Hall–Kier alpha value is -2.05. The summed E-state index contributed by atoms with van der Waals surface area (Å²) in [6, 6.07) is 5.69. The number of halogens is 3. The van der Waals surface area contributed by atoms with Crippen LogP contribution in [-0.4, -0.2) is 23.2 Å². The molecule has 0 aliphatic heterocycles. The van der Waals surface area contributed by atoms with Gasteiger partial charge in [-0.05, 0) is 43.4 Å². The fraction of sp³-hybridized carbons (Fsp3) is 0.500. The topological polar surface area (TPSA) is 66.4 Å². The van der Waals surface area contributed by atoms with Gasteiger partial charge < -0.3 is 10.4 Å².